The van der Waals surface area contributed by atoms with E-state index in [-0.39, 0.29) is 5.37 Å². The maximum atomic E-state index is 5.19. The van der Waals surface area contributed by atoms with Gasteiger partial charge < -0.3 is 0 Å². The van der Waals surface area contributed by atoms with Gasteiger partial charge in [0.25, 0.3) is 0 Å². The van der Waals surface area contributed by atoms with Crippen molar-refractivity contribution < 1.29 is 0 Å². The number of dihydropyridines is 1. The molecule has 0 fully saturated rings. The third-order valence-electron chi connectivity index (χ3n) is 5.45. The number of hydrogen-bond acceptors (Lipinski definition) is 6. The molecule has 130 valence electrons. The van der Waals surface area contributed by atoms with E-state index in [1.165, 1.54) is 48.4 Å². The molecule has 2 aliphatic heterocycles. The Balaban J connectivity index is 1.62. The molecule has 4 heterocycles. The summed E-state index contributed by atoms with van der Waals surface area (Å²) in [7, 11) is 0. The number of hydrogen-bond donors (Lipinski definition) is 0. The summed E-state index contributed by atoms with van der Waals surface area (Å²) in [6, 6.07) is 0. The standard InChI is InChI=1S/C18H21N5S2/c1-3-4-8-12-10-6-5-7-11(10)13-14-15(25-17(13)20-12)16-21-22-18(24-2)23(16)9-19-14/h9,13,17H,3-8H2,1-2H3/t13-,17-/m0/s1. The predicted octanol–water partition coefficient (Wildman–Crippen LogP) is 4.49. The van der Waals surface area contributed by atoms with Gasteiger partial charge in [0, 0.05) is 5.71 Å². The Hall–Kier alpha value is -1.34. The summed E-state index contributed by atoms with van der Waals surface area (Å²) >= 11 is 3.45. The third kappa shape index (κ3) is 2.31. The Morgan fingerprint density at radius 3 is 3.08 bits per heavy atom. The minimum atomic E-state index is 0.242. The molecule has 0 N–H and O–H groups in total. The molecule has 25 heavy (non-hydrogen) atoms. The first kappa shape index (κ1) is 15.9. The maximum absolute atomic E-state index is 5.19. The molecule has 0 unspecified atom stereocenters. The van der Waals surface area contributed by atoms with E-state index >= 15 is 0 Å². The smallest absolute Gasteiger partial charge is 0.196 e. The van der Waals surface area contributed by atoms with Gasteiger partial charge in [-0.1, -0.05) is 42.4 Å². The molecule has 5 nitrogen and oxygen atoms in total. The third-order valence-corrected chi connectivity index (χ3v) is 7.34. The van der Waals surface area contributed by atoms with Gasteiger partial charge >= 0.3 is 0 Å². The van der Waals surface area contributed by atoms with Crippen molar-refractivity contribution in [1.29, 1.82) is 0 Å². The van der Waals surface area contributed by atoms with E-state index in [4.69, 9.17) is 9.98 Å². The molecule has 0 aromatic carbocycles. The van der Waals surface area contributed by atoms with E-state index in [1.807, 2.05) is 28.7 Å². The van der Waals surface area contributed by atoms with Gasteiger partial charge in [0.1, 0.15) is 11.7 Å². The molecule has 0 saturated carbocycles. The van der Waals surface area contributed by atoms with Crippen LogP contribution in [-0.2, 0) is 0 Å². The molecule has 0 saturated heterocycles. The van der Waals surface area contributed by atoms with Crippen molar-refractivity contribution >= 4 is 34.9 Å². The zero-order valence-corrected chi connectivity index (χ0v) is 16.2. The van der Waals surface area contributed by atoms with Crippen LogP contribution < -0.4 is 0 Å². The van der Waals surface area contributed by atoms with Crippen LogP contribution in [0.1, 0.15) is 57.1 Å². The fourth-order valence-electron chi connectivity index (χ4n) is 4.30. The minimum absolute atomic E-state index is 0.242. The lowest BCUT2D eigenvalue weighted by molar-refractivity contribution is 0.692. The van der Waals surface area contributed by atoms with Crippen LogP contribution in [0.4, 0.5) is 0 Å². The van der Waals surface area contributed by atoms with E-state index in [2.05, 4.69) is 17.1 Å². The van der Waals surface area contributed by atoms with E-state index in [0.29, 0.717) is 5.92 Å². The molecule has 7 heteroatoms. The molecule has 2 aromatic rings. The number of unbranched alkanes of at least 4 members (excludes halogenated alkanes) is 1. The highest BCUT2D eigenvalue weighted by atomic mass is 32.2. The largest absolute Gasteiger partial charge is 0.274 e. The second-order valence-corrected chi connectivity index (χ2v) is 8.76. The number of nitrogens with zero attached hydrogens (tertiary/aromatic N) is 5. The number of fused-ring (bicyclic) bond motifs is 6. The Labute approximate surface area is 155 Å². The number of aliphatic imine (C=N–C) groups is 1. The average molecular weight is 372 g/mol. The molecule has 0 radical (unpaired) electrons. The van der Waals surface area contributed by atoms with Gasteiger partial charge in [0.2, 0.25) is 0 Å². The van der Waals surface area contributed by atoms with Crippen LogP contribution in [0.3, 0.4) is 0 Å². The lowest BCUT2D eigenvalue weighted by atomic mass is 9.87. The molecule has 0 bridgehead atoms. The van der Waals surface area contributed by atoms with Crippen molar-refractivity contribution in [2.45, 2.75) is 66.8 Å². The first-order chi connectivity index (χ1) is 12.3. The van der Waals surface area contributed by atoms with Crippen LogP contribution >= 0.6 is 23.5 Å². The highest BCUT2D eigenvalue weighted by molar-refractivity contribution is 8.00. The van der Waals surface area contributed by atoms with Crippen LogP contribution in [-0.4, -0.2) is 36.9 Å². The van der Waals surface area contributed by atoms with E-state index in [9.17, 15) is 0 Å². The molecule has 0 amide bonds. The van der Waals surface area contributed by atoms with E-state index in [0.717, 1.165) is 17.2 Å². The summed E-state index contributed by atoms with van der Waals surface area (Å²) in [6.45, 7) is 2.26. The fraction of sp³-hybridized carbons (Fsp3) is 0.556. The summed E-state index contributed by atoms with van der Waals surface area (Å²) in [5, 5.41) is 9.88. The van der Waals surface area contributed by atoms with Crippen molar-refractivity contribution in [3.8, 4) is 0 Å². The molecule has 2 atom stereocenters. The monoisotopic (exact) mass is 371 g/mol. The first-order valence-corrected chi connectivity index (χ1v) is 11.2. The molecular formula is C18H21N5S2. The molecule has 3 aliphatic rings. The molecule has 5 rings (SSSR count). The maximum Gasteiger partial charge on any atom is 0.196 e. The molecule has 1 aliphatic carbocycles. The summed E-state index contributed by atoms with van der Waals surface area (Å²) in [5.74, 6) is 0.349. The summed E-state index contributed by atoms with van der Waals surface area (Å²) < 4.78 is 2.01. The average Bonchev–Trinajstić information content (AvgIpc) is 3.33. The second-order valence-electron chi connectivity index (χ2n) is 6.86. The van der Waals surface area contributed by atoms with Gasteiger partial charge in [-0.3, -0.25) is 9.39 Å². The van der Waals surface area contributed by atoms with Crippen LogP contribution in [0, 0.1) is 0 Å². The van der Waals surface area contributed by atoms with Crippen molar-refractivity contribution in [3.63, 3.8) is 0 Å². The second kappa shape index (κ2) is 6.13. The van der Waals surface area contributed by atoms with E-state index in [1.54, 1.807) is 22.9 Å². The van der Waals surface area contributed by atoms with Gasteiger partial charge in [-0.25, -0.2) is 4.98 Å². The van der Waals surface area contributed by atoms with Crippen LogP contribution in [0.15, 0.2) is 32.5 Å². The highest BCUT2D eigenvalue weighted by Crippen LogP contribution is 2.55. The SMILES string of the molecule is CCCCC1=N[C@H]2Sc3c(ncn4c(SC)nnc34)[C@@H]2C2=C1CCC2. The van der Waals surface area contributed by atoms with Crippen molar-refractivity contribution in [2.75, 3.05) is 6.26 Å². The van der Waals surface area contributed by atoms with Gasteiger partial charge in [0.15, 0.2) is 10.8 Å². The van der Waals surface area contributed by atoms with Crippen LogP contribution in [0.2, 0.25) is 0 Å². The summed E-state index contributed by atoms with van der Waals surface area (Å²) in [4.78, 5) is 11.2. The van der Waals surface area contributed by atoms with Gasteiger partial charge in [-0.2, -0.15) is 0 Å². The van der Waals surface area contributed by atoms with Crippen molar-refractivity contribution in [2.24, 2.45) is 4.99 Å². The zero-order chi connectivity index (χ0) is 17.0. The molecule has 2 aromatic heterocycles. The zero-order valence-electron chi connectivity index (χ0n) is 14.5. The lowest BCUT2D eigenvalue weighted by Crippen LogP contribution is -2.21. The Morgan fingerprint density at radius 2 is 2.24 bits per heavy atom. The fourth-order valence-corrected chi connectivity index (χ4v) is 6.14. The lowest BCUT2D eigenvalue weighted by Gasteiger charge is -2.26. The number of rotatable bonds is 4. The van der Waals surface area contributed by atoms with Crippen LogP contribution in [0.5, 0.6) is 0 Å². The molecule has 0 spiro atoms. The Morgan fingerprint density at radius 1 is 1.32 bits per heavy atom. The number of thioether (sulfide) groups is 2. The molecular weight excluding hydrogens is 350 g/mol. The Bertz CT molecular complexity index is 914. The quantitative estimate of drug-likeness (QED) is 0.741. The van der Waals surface area contributed by atoms with Crippen molar-refractivity contribution in [1.82, 2.24) is 19.6 Å². The normalized spacial score (nSPS) is 24.5. The minimum Gasteiger partial charge on any atom is -0.274 e. The van der Waals surface area contributed by atoms with Crippen LogP contribution in [0.25, 0.3) is 5.65 Å². The van der Waals surface area contributed by atoms with Crippen molar-refractivity contribution in [3.05, 3.63) is 23.2 Å². The topological polar surface area (TPSA) is 55.4 Å². The number of aromatic nitrogens is 4. The first-order valence-electron chi connectivity index (χ1n) is 9.05. The highest BCUT2D eigenvalue weighted by Gasteiger charge is 2.44. The summed E-state index contributed by atoms with van der Waals surface area (Å²) in [5.41, 5.74) is 6.66. The Kier molecular flexibility index (Phi) is 3.89. The van der Waals surface area contributed by atoms with Gasteiger partial charge in [-0.15, -0.1) is 10.2 Å². The summed E-state index contributed by atoms with van der Waals surface area (Å²) in [6.07, 6.45) is 11.2. The van der Waals surface area contributed by atoms with Gasteiger partial charge in [-0.05, 0) is 43.9 Å². The number of allylic oxidation sites excluding steroid dienone is 1. The predicted molar refractivity (Wildman–Crippen MR) is 103 cm³/mol. The van der Waals surface area contributed by atoms with E-state index < -0.39 is 0 Å². The van der Waals surface area contributed by atoms with Gasteiger partial charge in [0.05, 0.1) is 16.5 Å².